The Hall–Kier alpha value is -2.52. The molecule has 2 heterocycles. The molecule has 8 nitrogen and oxygen atoms in total. The summed E-state index contributed by atoms with van der Waals surface area (Å²) in [7, 11) is 1.32. The van der Waals surface area contributed by atoms with Crippen molar-refractivity contribution in [2.45, 2.75) is 19.4 Å². The van der Waals surface area contributed by atoms with E-state index < -0.39 is 24.6 Å². The first-order valence-corrected chi connectivity index (χ1v) is 13.7. The van der Waals surface area contributed by atoms with E-state index in [2.05, 4.69) is 50.2 Å². The molecular formula is C25H20I2N2O6S. The number of carbonyl (C=O) groups excluding carboxylic acids is 1. The van der Waals surface area contributed by atoms with Gasteiger partial charge in [0.05, 0.1) is 36.1 Å². The van der Waals surface area contributed by atoms with Crippen LogP contribution >= 0.6 is 56.5 Å². The molecule has 1 aromatic heterocycles. The van der Waals surface area contributed by atoms with Crippen molar-refractivity contribution >= 4 is 74.5 Å². The maximum absolute atomic E-state index is 13.7. The molecule has 0 spiro atoms. The van der Waals surface area contributed by atoms with Gasteiger partial charge >= 0.3 is 11.9 Å². The third-order valence-electron chi connectivity index (χ3n) is 5.42. The smallest absolute Gasteiger partial charge is 0.341 e. The highest BCUT2D eigenvalue weighted by Gasteiger charge is 2.33. The number of rotatable bonds is 7. The minimum Gasteiger partial charge on any atom is -0.480 e. The van der Waals surface area contributed by atoms with Gasteiger partial charge in [-0.2, -0.15) is 0 Å². The number of hydrogen-bond acceptors (Lipinski definition) is 7. The third kappa shape index (κ3) is 5.27. The van der Waals surface area contributed by atoms with Gasteiger partial charge in [-0.3, -0.25) is 9.36 Å². The third-order valence-corrected chi connectivity index (χ3v) is 8.01. The van der Waals surface area contributed by atoms with Crippen LogP contribution in [0.4, 0.5) is 0 Å². The predicted molar refractivity (Wildman–Crippen MR) is 152 cm³/mol. The van der Waals surface area contributed by atoms with Crippen LogP contribution in [0.2, 0.25) is 0 Å². The summed E-state index contributed by atoms with van der Waals surface area (Å²) in [5.41, 5.74) is 2.23. The summed E-state index contributed by atoms with van der Waals surface area (Å²) in [6, 6.07) is 12.4. The number of fused-ring (bicyclic) bond motifs is 1. The van der Waals surface area contributed by atoms with Gasteiger partial charge in [0.1, 0.15) is 5.75 Å². The molecule has 1 N–H and O–H groups in total. The lowest BCUT2D eigenvalue weighted by atomic mass is 9.95. The lowest BCUT2D eigenvalue weighted by Gasteiger charge is -2.25. The molecule has 0 radical (unpaired) electrons. The van der Waals surface area contributed by atoms with Crippen molar-refractivity contribution in [2.24, 2.45) is 4.99 Å². The zero-order valence-corrected chi connectivity index (χ0v) is 24.3. The fourth-order valence-electron chi connectivity index (χ4n) is 3.90. The zero-order valence-electron chi connectivity index (χ0n) is 19.2. The summed E-state index contributed by atoms with van der Waals surface area (Å²) in [6.07, 6.45) is 2.28. The Balaban J connectivity index is 1.89. The van der Waals surface area contributed by atoms with Crippen molar-refractivity contribution in [1.29, 1.82) is 0 Å². The van der Waals surface area contributed by atoms with E-state index in [-0.39, 0.29) is 5.56 Å². The number of aromatic nitrogens is 1. The largest absolute Gasteiger partial charge is 0.480 e. The van der Waals surface area contributed by atoms with E-state index in [1.807, 2.05) is 49.4 Å². The lowest BCUT2D eigenvalue weighted by Crippen LogP contribution is -2.40. The Morgan fingerprint density at radius 1 is 1.19 bits per heavy atom. The Morgan fingerprint density at radius 2 is 1.86 bits per heavy atom. The number of ether oxygens (including phenoxy) is 2. The number of nitrogens with zero attached hydrogens (tertiary/aromatic N) is 2. The Bertz CT molecular complexity index is 1540. The number of allylic oxidation sites excluding steroid dienone is 1. The minimum absolute atomic E-state index is 0.264. The first-order valence-electron chi connectivity index (χ1n) is 10.8. The lowest BCUT2D eigenvalue weighted by molar-refractivity contribution is -0.139. The van der Waals surface area contributed by atoms with E-state index in [0.29, 0.717) is 32.8 Å². The summed E-state index contributed by atoms with van der Waals surface area (Å²) < 4.78 is 13.9. The quantitative estimate of drug-likeness (QED) is 0.295. The number of carboxylic acids is 1. The summed E-state index contributed by atoms with van der Waals surface area (Å²) in [5.74, 6) is -1.09. The highest BCUT2D eigenvalue weighted by Crippen LogP contribution is 2.32. The highest BCUT2D eigenvalue weighted by molar-refractivity contribution is 14.1. The number of halogens is 2. The molecule has 186 valence electrons. The minimum atomic E-state index is -1.06. The zero-order chi connectivity index (χ0) is 26.0. The molecule has 0 unspecified atom stereocenters. The first-order chi connectivity index (χ1) is 17.2. The number of methoxy groups -OCH3 is 1. The second kappa shape index (κ2) is 11.3. The summed E-state index contributed by atoms with van der Waals surface area (Å²) in [4.78, 5) is 42.6. The van der Waals surface area contributed by atoms with Crippen LogP contribution in [0, 0.1) is 7.14 Å². The number of aliphatic carboxylic acids is 1. The molecule has 1 aliphatic rings. The summed E-state index contributed by atoms with van der Waals surface area (Å²) in [5, 5.41) is 8.91. The monoisotopic (exact) mass is 730 g/mol. The number of benzene rings is 2. The van der Waals surface area contributed by atoms with Crippen molar-refractivity contribution in [3.8, 4) is 5.75 Å². The summed E-state index contributed by atoms with van der Waals surface area (Å²) >= 11 is 5.41. The van der Waals surface area contributed by atoms with Gasteiger partial charge in [-0.1, -0.05) is 48.6 Å². The molecule has 0 saturated heterocycles. The molecule has 11 heteroatoms. The van der Waals surface area contributed by atoms with Gasteiger partial charge in [0, 0.05) is 0 Å². The van der Waals surface area contributed by atoms with Crippen molar-refractivity contribution in [2.75, 3.05) is 13.7 Å². The van der Waals surface area contributed by atoms with Crippen LogP contribution in [0.15, 0.2) is 63.5 Å². The van der Waals surface area contributed by atoms with Gasteiger partial charge in [-0.05, 0) is 80.9 Å². The van der Waals surface area contributed by atoms with Gasteiger partial charge in [-0.15, -0.1) is 0 Å². The highest BCUT2D eigenvalue weighted by atomic mass is 127. The maximum atomic E-state index is 13.7. The van der Waals surface area contributed by atoms with E-state index in [1.54, 1.807) is 10.6 Å². The average Bonchev–Trinajstić information content (AvgIpc) is 3.16. The fraction of sp³-hybridized carbons (Fsp3) is 0.200. The van der Waals surface area contributed by atoms with Crippen molar-refractivity contribution in [3.63, 3.8) is 0 Å². The molecular weight excluding hydrogens is 710 g/mol. The first kappa shape index (κ1) is 26.5. The average molecular weight is 730 g/mol. The van der Waals surface area contributed by atoms with Gasteiger partial charge in [0.25, 0.3) is 5.56 Å². The molecule has 36 heavy (non-hydrogen) atoms. The number of hydrogen-bond donors (Lipinski definition) is 1. The Kier molecular flexibility index (Phi) is 8.30. The van der Waals surface area contributed by atoms with Gasteiger partial charge in [-0.25, -0.2) is 14.6 Å². The molecule has 0 amide bonds. The van der Waals surface area contributed by atoms with E-state index in [9.17, 15) is 14.4 Å². The van der Waals surface area contributed by atoms with E-state index in [4.69, 9.17) is 14.6 Å². The molecule has 4 rings (SSSR count). The molecule has 1 atom stereocenters. The molecule has 0 fully saturated rings. The van der Waals surface area contributed by atoms with Crippen LogP contribution in [-0.2, 0) is 14.3 Å². The summed E-state index contributed by atoms with van der Waals surface area (Å²) in [6.45, 7) is 1.47. The van der Waals surface area contributed by atoms with Crippen molar-refractivity contribution < 1.29 is 24.2 Å². The molecule has 2 aromatic carbocycles. The van der Waals surface area contributed by atoms with Gasteiger partial charge in [0.15, 0.2) is 11.4 Å². The van der Waals surface area contributed by atoms with Gasteiger partial charge in [0.2, 0.25) is 0 Å². The van der Waals surface area contributed by atoms with Gasteiger partial charge < -0.3 is 14.6 Å². The number of thiazole rings is 1. The molecule has 3 aromatic rings. The van der Waals surface area contributed by atoms with Crippen LogP contribution in [-0.4, -0.2) is 35.3 Å². The molecule has 0 saturated carbocycles. The number of esters is 1. The van der Waals surface area contributed by atoms with Crippen LogP contribution in [0.1, 0.15) is 30.5 Å². The molecule has 0 bridgehead atoms. The normalized spacial score (nSPS) is 15.3. The molecule has 0 aliphatic carbocycles. The topological polar surface area (TPSA) is 107 Å². The second-order valence-corrected chi connectivity index (χ2v) is 11.0. The van der Waals surface area contributed by atoms with Crippen LogP contribution < -0.4 is 19.6 Å². The molecule has 1 aliphatic heterocycles. The predicted octanol–water partition coefficient (Wildman–Crippen LogP) is 3.47. The Morgan fingerprint density at radius 3 is 2.44 bits per heavy atom. The Labute approximate surface area is 237 Å². The second-order valence-electron chi connectivity index (χ2n) is 7.69. The van der Waals surface area contributed by atoms with E-state index >= 15 is 0 Å². The fourth-order valence-corrected chi connectivity index (χ4v) is 7.05. The van der Waals surface area contributed by atoms with Crippen LogP contribution in [0.3, 0.4) is 0 Å². The van der Waals surface area contributed by atoms with Crippen molar-refractivity contribution in [1.82, 2.24) is 4.57 Å². The van der Waals surface area contributed by atoms with Crippen LogP contribution in [0.5, 0.6) is 5.75 Å². The number of carboxylic acid groups (broad SMARTS) is 1. The van der Waals surface area contributed by atoms with Crippen molar-refractivity contribution in [3.05, 3.63) is 91.7 Å². The van der Waals surface area contributed by atoms with E-state index in [1.165, 1.54) is 18.4 Å². The number of carbonyl (C=O) groups is 2. The standard InChI is InChI=1S/C25H20I2N2O6S/c1-3-17-20(24(33)34-2)21(14-7-5-4-6-8-14)29-23(32)18(36-25(29)28-17)11-13-9-15(26)22(16(27)10-13)35-12-19(30)31/h4-11,21H,3,12H2,1-2H3,(H,30,31)/b18-11-/t21-/m0/s1. The van der Waals surface area contributed by atoms with Crippen LogP contribution in [0.25, 0.3) is 6.08 Å². The maximum Gasteiger partial charge on any atom is 0.341 e. The SMILES string of the molecule is CCC1=C(C(=O)OC)[C@H](c2ccccc2)n2c(s/c(=C\c3cc(I)c(OCC(=O)O)c(I)c3)c2=O)=N1. The van der Waals surface area contributed by atoms with E-state index in [0.717, 1.165) is 18.3 Å².